The normalized spacial score (nSPS) is 20.9. The van der Waals surface area contributed by atoms with Crippen LogP contribution in [-0.2, 0) is 6.54 Å². The van der Waals surface area contributed by atoms with Crippen molar-refractivity contribution < 1.29 is 5.11 Å². The van der Waals surface area contributed by atoms with E-state index >= 15 is 0 Å². The fourth-order valence-corrected chi connectivity index (χ4v) is 2.98. The van der Waals surface area contributed by atoms with Crippen molar-refractivity contribution in [3.8, 4) is 0 Å². The first-order valence-electron chi connectivity index (χ1n) is 7.61. The molecule has 0 spiro atoms. The Morgan fingerprint density at radius 3 is 2.63 bits per heavy atom. The van der Waals surface area contributed by atoms with E-state index in [4.69, 9.17) is 5.11 Å². The molecule has 1 unspecified atom stereocenters. The van der Waals surface area contributed by atoms with Crippen molar-refractivity contribution in [3.05, 3.63) is 35.4 Å². The molecule has 0 amide bonds. The van der Waals surface area contributed by atoms with E-state index in [2.05, 4.69) is 43.0 Å². The van der Waals surface area contributed by atoms with Crippen LogP contribution < -0.4 is 0 Å². The van der Waals surface area contributed by atoms with Crippen LogP contribution in [0.3, 0.4) is 0 Å². The van der Waals surface area contributed by atoms with Gasteiger partial charge in [-0.2, -0.15) is 0 Å². The third-order valence-corrected chi connectivity index (χ3v) is 4.19. The fraction of sp³-hybridized carbons (Fsp3) is 0.647. The van der Waals surface area contributed by atoms with Crippen LogP contribution in [-0.4, -0.2) is 29.7 Å². The van der Waals surface area contributed by atoms with Gasteiger partial charge in [0.2, 0.25) is 0 Å². The summed E-state index contributed by atoms with van der Waals surface area (Å²) in [6, 6.07) is 9.06. The van der Waals surface area contributed by atoms with Crippen LogP contribution in [0, 0.1) is 5.92 Å². The number of piperidine rings is 1. The minimum absolute atomic E-state index is 0.335. The van der Waals surface area contributed by atoms with Gasteiger partial charge in [0.15, 0.2) is 0 Å². The van der Waals surface area contributed by atoms with Crippen molar-refractivity contribution in [1.82, 2.24) is 4.90 Å². The highest BCUT2D eigenvalue weighted by Crippen LogP contribution is 2.21. The van der Waals surface area contributed by atoms with Gasteiger partial charge in [-0.3, -0.25) is 4.90 Å². The van der Waals surface area contributed by atoms with E-state index < -0.39 is 0 Å². The standard InChI is InChI=1S/C17H27NO/c1-14(2)17-7-5-16(6-8-17)13-18-10-3-4-15(12-18)9-11-19/h5-8,14-15,19H,3-4,9-13H2,1-2H3. The Balaban J connectivity index is 1.89. The summed E-state index contributed by atoms with van der Waals surface area (Å²) in [6.45, 7) is 8.21. The van der Waals surface area contributed by atoms with Crippen LogP contribution >= 0.6 is 0 Å². The van der Waals surface area contributed by atoms with Gasteiger partial charge < -0.3 is 5.11 Å². The molecule has 2 nitrogen and oxygen atoms in total. The number of nitrogens with zero attached hydrogens (tertiary/aromatic N) is 1. The first-order chi connectivity index (χ1) is 9.19. The molecule has 2 heteroatoms. The average Bonchev–Trinajstić information content (AvgIpc) is 2.40. The number of likely N-dealkylation sites (tertiary alicyclic amines) is 1. The van der Waals surface area contributed by atoms with E-state index in [9.17, 15) is 0 Å². The largest absolute Gasteiger partial charge is 0.396 e. The summed E-state index contributed by atoms with van der Waals surface area (Å²) in [7, 11) is 0. The van der Waals surface area contributed by atoms with Gasteiger partial charge in [-0.05, 0) is 48.8 Å². The van der Waals surface area contributed by atoms with Crippen molar-refractivity contribution in [2.24, 2.45) is 5.92 Å². The molecular weight excluding hydrogens is 234 g/mol. The lowest BCUT2D eigenvalue weighted by Gasteiger charge is -2.32. The molecule has 0 bridgehead atoms. The maximum atomic E-state index is 9.06. The quantitative estimate of drug-likeness (QED) is 0.878. The van der Waals surface area contributed by atoms with Gasteiger partial charge in [0.1, 0.15) is 0 Å². The number of hydrogen-bond acceptors (Lipinski definition) is 2. The number of benzene rings is 1. The fourth-order valence-electron chi connectivity index (χ4n) is 2.98. The molecular formula is C17H27NO. The smallest absolute Gasteiger partial charge is 0.0434 e. The lowest BCUT2D eigenvalue weighted by atomic mass is 9.94. The maximum Gasteiger partial charge on any atom is 0.0434 e. The summed E-state index contributed by atoms with van der Waals surface area (Å²) in [4.78, 5) is 2.54. The Labute approximate surface area is 117 Å². The van der Waals surface area contributed by atoms with Crippen molar-refractivity contribution in [1.29, 1.82) is 0 Å². The zero-order chi connectivity index (χ0) is 13.7. The second-order valence-electron chi connectivity index (χ2n) is 6.15. The third kappa shape index (κ3) is 4.32. The van der Waals surface area contributed by atoms with Crippen LogP contribution in [0.5, 0.6) is 0 Å². The average molecular weight is 261 g/mol. The van der Waals surface area contributed by atoms with Crippen LogP contribution in [0.2, 0.25) is 0 Å². The van der Waals surface area contributed by atoms with E-state index in [1.807, 2.05) is 0 Å². The van der Waals surface area contributed by atoms with E-state index in [0.717, 1.165) is 19.5 Å². The maximum absolute atomic E-state index is 9.06. The molecule has 1 saturated heterocycles. The lowest BCUT2D eigenvalue weighted by molar-refractivity contribution is 0.142. The predicted octanol–water partition coefficient (Wildman–Crippen LogP) is 3.40. The molecule has 1 aromatic carbocycles. The summed E-state index contributed by atoms with van der Waals surface area (Å²) < 4.78 is 0. The summed E-state index contributed by atoms with van der Waals surface area (Å²) in [6.07, 6.45) is 3.51. The van der Waals surface area contributed by atoms with Crippen LogP contribution in [0.4, 0.5) is 0 Å². The highest BCUT2D eigenvalue weighted by atomic mass is 16.3. The zero-order valence-electron chi connectivity index (χ0n) is 12.3. The van der Waals surface area contributed by atoms with Gasteiger partial charge in [0.25, 0.3) is 0 Å². The molecule has 19 heavy (non-hydrogen) atoms. The second kappa shape index (κ2) is 7.06. The molecule has 1 aromatic rings. The molecule has 1 aliphatic rings. The van der Waals surface area contributed by atoms with Crippen molar-refractivity contribution in [2.75, 3.05) is 19.7 Å². The number of aliphatic hydroxyl groups is 1. The SMILES string of the molecule is CC(C)c1ccc(CN2CCCC(CCO)C2)cc1. The van der Waals surface area contributed by atoms with Crippen molar-refractivity contribution in [2.45, 2.75) is 45.6 Å². The Kier molecular flexibility index (Phi) is 5.41. The van der Waals surface area contributed by atoms with E-state index in [1.54, 1.807) is 0 Å². The third-order valence-electron chi connectivity index (χ3n) is 4.19. The molecule has 1 aliphatic heterocycles. The minimum atomic E-state index is 0.335. The molecule has 0 aliphatic carbocycles. The van der Waals surface area contributed by atoms with Crippen molar-refractivity contribution in [3.63, 3.8) is 0 Å². The molecule has 0 radical (unpaired) electrons. The molecule has 1 fully saturated rings. The van der Waals surface area contributed by atoms with Gasteiger partial charge >= 0.3 is 0 Å². The van der Waals surface area contributed by atoms with E-state index in [-0.39, 0.29) is 0 Å². The molecule has 0 aromatic heterocycles. The summed E-state index contributed by atoms with van der Waals surface area (Å²) >= 11 is 0. The molecule has 1 atom stereocenters. The molecule has 1 N–H and O–H groups in total. The van der Waals surface area contributed by atoms with Crippen molar-refractivity contribution >= 4 is 0 Å². The summed E-state index contributed by atoms with van der Waals surface area (Å²) in [5, 5.41) is 9.06. The van der Waals surface area contributed by atoms with Gasteiger partial charge in [0.05, 0.1) is 0 Å². The first-order valence-corrected chi connectivity index (χ1v) is 7.61. The monoisotopic (exact) mass is 261 g/mol. The van der Waals surface area contributed by atoms with E-state index in [0.29, 0.717) is 18.4 Å². The Morgan fingerprint density at radius 2 is 2.00 bits per heavy atom. The topological polar surface area (TPSA) is 23.5 Å². The number of hydrogen-bond donors (Lipinski definition) is 1. The molecule has 1 heterocycles. The predicted molar refractivity (Wildman–Crippen MR) is 80.2 cm³/mol. The minimum Gasteiger partial charge on any atom is -0.396 e. The van der Waals surface area contributed by atoms with E-state index in [1.165, 1.54) is 30.5 Å². The number of aliphatic hydroxyl groups excluding tert-OH is 1. The Bertz CT molecular complexity index is 369. The van der Waals surface area contributed by atoms with Gasteiger partial charge in [-0.25, -0.2) is 0 Å². The molecule has 2 rings (SSSR count). The lowest BCUT2D eigenvalue weighted by Crippen LogP contribution is -2.35. The number of rotatable bonds is 5. The highest BCUT2D eigenvalue weighted by molar-refractivity contribution is 5.24. The van der Waals surface area contributed by atoms with Gasteiger partial charge in [-0.1, -0.05) is 38.1 Å². The van der Waals surface area contributed by atoms with Crippen LogP contribution in [0.1, 0.15) is 50.2 Å². The molecule has 106 valence electrons. The highest BCUT2D eigenvalue weighted by Gasteiger charge is 2.19. The van der Waals surface area contributed by atoms with Gasteiger partial charge in [-0.15, -0.1) is 0 Å². The Morgan fingerprint density at radius 1 is 1.26 bits per heavy atom. The molecule has 0 saturated carbocycles. The zero-order valence-corrected chi connectivity index (χ0v) is 12.3. The summed E-state index contributed by atoms with van der Waals surface area (Å²) in [5.41, 5.74) is 2.83. The first kappa shape index (κ1) is 14.5. The van der Waals surface area contributed by atoms with Gasteiger partial charge in [0, 0.05) is 19.7 Å². The summed E-state index contributed by atoms with van der Waals surface area (Å²) in [5.74, 6) is 1.30. The van der Waals surface area contributed by atoms with Crippen LogP contribution in [0.25, 0.3) is 0 Å². The van der Waals surface area contributed by atoms with Crippen LogP contribution in [0.15, 0.2) is 24.3 Å². The second-order valence-corrected chi connectivity index (χ2v) is 6.15. The Hall–Kier alpha value is -0.860.